The molecule has 4 rings (SSSR count). The van der Waals surface area contributed by atoms with Crippen molar-refractivity contribution in [3.8, 4) is 5.75 Å². The molecule has 53 heavy (non-hydrogen) atoms. The number of hydrogen-bond donors (Lipinski definition) is 3. The summed E-state index contributed by atoms with van der Waals surface area (Å²) in [6, 6.07) is 21.8. The number of benzene rings is 3. The van der Waals surface area contributed by atoms with Crippen LogP contribution < -0.4 is 20.9 Å². The summed E-state index contributed by atoms with van der Waals surface area (Å²) in [6.07, 6.45) is 1.13. The van der Waals surface area contributed by atoms with Crippen molar-refractivity contribution in [2.45, 2.75) is 85.0 Å². The van der Waals surface area contributed by atoms with Crippen LogP contribution in [0, 0.1) is 0 Å². The highest BCUT2D eigenvalue weighted by molar-refractivity contribution is 6.30. The number of aromatic nitrogens is 1. The molecular formula is C40H50ClN5O7. The molecule has 4 amide bonds. The number of hydroxylamine groups is 1. The van der Waals surface area contributed by atoms with E-state index in [-0.39, 0.29) is 31.0 Å². The maximum Gasteiger partial charge on any atom is 0.338 e. The molecule has 2 atom stereocenters. The lowest BCUT2D eigenvalue weighted by molar-refractivity contribution is -0.179. The Labute approximate surface area is 316 Å². The van der Waals surface area contributed by atoms with Gasteiger partial charge in [-0.25, -0.2) is 10.3 Å². The Morgan fingerprint density at radius 2 is 1.55 bits per heavy atom. The van der Waals surface area contributed by atoms with Gasteiger partial charge in [0.2, 0.25) is 11.8 Å². The molecule has 0 bridgehead atoms. The standard InChI is InChI=1S/C40H50ClN5O7/c1-7-50-38(51-8-2)27(3)46(25-31-12-9-11-30-13-10-22-42-36(30)31)37(48)34(23-28-16-20-33(21-17-28)53-40(4,5)6)44-35(47)26-52-45-39(49)43-24-29-14-18-32(41)19-15-29/h9-22,27,34,38H,7-8,23-26H2,1-6H3,(H,44,47)(H2,43,45,49). The number of urea groups is 1. The quantitative estimate of drug-likeness (QED) is 0.0792. The van der Waals surface area contributed by atoms with E-state index in [9.17, 15) is 14.4 Å². The van der Waals surface area contributed by atoms with E-state index in [0.717, 1.165) is 27.6 Å². The van der Waals surface area contributed by atoms with E-state index in [1.165, 1.54) is 0 Å². The molecule has 13 heteroatoms. The molecule has 3 N–H and O–H groups in total. The first-order valence-electron chi connectivity index (χ1n) is 17.7. The molecule has 1 heterocycles. The number of carbonyl (C=O) groups excluding carboxylic acids is 3. The minimum Gasteiger partial charge on any atom is -0.488 e. The largest absolute Gasteiger partial charge is 0.488 e. The fourth-order valence-electron chi connectivity index (χ4n) is 5.61. The van der Waals surface area contributed by atoms with Crippen LogP contribution in [0.4, 0.5) is 4.79 Å². The highest BCUT2D eigenvalue weighted by Crippen LogP contribution is 2.23. The van der Waals surface area contributed by atoms with Crippen LogP contribution in [0.1, 0.15) is 58.2 Å². The average molecular weight is 748 g/mol. The Morgan fingerprint density at radius 1 is 0.887 bits per heavy atom. The van der Waals surface area contributed by atoms with Crippen molar-refractivity contribution in [1.29, 1.82) is 0 Å². The van der Waals surface area contributed by atoms with Gasteiger partial charge in [-0.05, 0) is 88.6 Å². The van der Waals surface area contributed by atoms with E-state index < -0.39 is 36.9 Å². The lowest BCUT2D eigenvalue weighted by Crippen LogP contribution is -2.55. The number of nitrogens with one attached hydrogen (secondary N) is 3. The summed E-state index contributed by atoms with van der Waals surface area (Å²) in [5, 5.41) is 7.01. The van der Waals surface area contributed by atoms with Crippen molar-refractivity contribution in [3.63, 3.8) is 0 Å². The van der Waals surface area contributed by atoms with Crippen molar-refractivity contribution in [2.24, 2.45) is 0 Å². The number of halogens is 1. The maximum atomic E-state index is 14.8. The number of nitrogens with zero attached hydrogens (tertiary/aromatic N) is 2. The van der Waals surface area contributed by atoms with Gasteiger partial charge in [0.1, 0.15) is 17.4 Å². The highest BCUT2D eigenvalue weighted by Gasteiger charge is 2.34. The van der Waals surface area contributed by atoms with E-state index in [2.05, 4.69) is 21.1 Å². The molecule has 0 saturated carbocycles. The number of hydrogen-bond acceptors (Lipinski definition) is 8. The lowest BCUT2D eigenvalue weighted by atomic mass is 10.0. The Kier molecular flexibility index (Phi) is 15.4. The Balaban J connectivity index is 1.56. The van der Waals surface area contributed by atoms with Gasteiger partial charge in [-0.2, -0.15) is 0 Å². The molecule has 0 radical (unpaired) electrons. The van der Waals surface area contributed by atoms with Crippen molar-refractivity contribution in [1.82, 2.24) is 26.0 Å². The van der Waals surface area contributed by atoms with Crippen LogP contribution in [0.3, 0.4) is 0 Å². The van der Waals surface area contributed by atoms with Crippen molar-refractivity contribution in [2.75, 3.05) is 19.8 Å². The summed E-state index contributed by atoms with van der Waals surface area (Å²) in [4.78, 5) is 52.0. The monoisotopic (exact) mass is 747 g/mol. The zero-order valence-corrected chi connectivity index (χ0v) is 31.9. The highest BCUT2D eigenvalue weighted by atomic mass is 35.5. The number of ether oxygens (including phenoxy) is 3. The fourth-order valence-corrected chi connectivity index (χ4v) is 5.74. The molecule has 4 aromatic rings. The number of fused-ring (bicyclic) bond motifs is 1. The summed E-state index contributed by atoms with van der Waals surface area (Å²) >= 11 is 5.93. The molecule has 0 saturated heterocycles. The Bertz CT molecular complexity index is 1770. The number of pyridine rings is 1. The van der Waals surface area contributed by atoms with E-state index in [4.69, 9.17) is 30.6 Å². The summed E-state index contributed by atoms with van der Waals surface area (Å²) in [6.45, 7) is 12.1. The van der Waals surface area contributed by atoms with Crippen LogP contribution in [0.15, 0.2) is 85.1 Å². The summed E-state index contributed by atoms with van der Waals surface area (Å²) < 4.78 is 17.9. The molecule has 284 valence electrons. The summed E-state index contributed by atoms with van der Waals surface area (Å²) in [7, 11) is 0. The third-order valence-corrected chi connectivity index (χ3v) is 8.29. The summed E-state index contributed by atoms with van der Waals surface area (Å²) in [5.41, 5.74) is 5.03. The minimum absolute atomic E-state index is 0.153. The lowest BCUT2D eigenvalue weighted by Gasteiger charge is -2.36. The molecule has 12 nitrogen and oxygen atoms in total. The van der Waals surface area contributed by atoms with Gasteiger partial charge >= 0.3 is 6.03 Å². The topological polar surface area (TPSA) is 140 Å². The number of carbonyl (C=O) groups is 3. The van der Waals surface area contributed by atoms with Gasteiger partial charge < -0.3 is 29.7 Å². The van der Waals surface area contributed by atoms with Gasteiger partial charge in [0.25, 0.3) is 0 Å². The van der Waals surface area contributed by atoms with E-state index >= 15 is 0 Å². The number of rotatable bonds is 18. The van der Waals surface area contributed by atoms with E-state index in [1.807, 2.05) is 96.1 Å². The van der Waals surface area contributed by atoms with Crippen LogP contribution in [0.2, 0.25) is 5.02 Å². The average Bonchev–Trinajstić information content (AvgIpc) is 3.13. The van der Waals surface area contributed by atoms with Gasteiger partial charge in [0.15, 0.2) is 12.9 Å². The number of para-hydroxylation sites is 1. The molecule has 0 aliphatic rings. The molecule has 0 aliphatic carbocycles. The summed E-state index contributed by atoms with van der Waals surface area (Å²) in [5.74, 6) is -0.302. The van der Waals surface area contributed by atoms with E-state index in [0.29, 0.717) is 24.0 Å². The minimum atomic E-state index is -1.03. The van der Waals surface area contributed by atoms with Crippen molar-refractivity contribution >= 4 is 40.3 Å². The second-order valence-corrected chi connectivity index (χ2v) is 13.8. The first kappa shape index (κ1) is 41.0. The zero-order valence-electron chi connectivity index (χ0n) is 31.2. The van der Waals surface area contributed by atoms with Crippen molar-refractivity contribution < 1.29 is 33.4 Å². The maximum absolute atomic E-state index is 14.8. The molecule has 0 aliphatic heterocycles. The van der Waals surface area contributed by atoms with Crippen LogP contribution >= 0.6 is 11.6 Å². The van der Waals surface area contributed by atoms with E-state index in [1.54, 1.807) is 35.4 Å². The second-order valence-electron chi connectivity index (χ2n) is 13.4. The Morgan fingerprint density at radius 3 is 2.21 bits per heavy atom. The smallest absolute Gasteiger partial charge is 0.338 e. The van der Waals surface area contributed by atoms with Gasteiger partial charge in [0, 0.05) is 49.3 Å². The fraction of sp³-hybridized carbons (Fsp3) is 0.400. The molecule has 0 fully saturated rings. The molecular weight excluding hydrogens is 698 g/mol. The third-order valence-electron chi connectivity index (χ3n) is 8.04. The SMILES string of the molecule is CCOC(OCC)C(C)N(Cc1cccc2cccnc12)C(=O)C(Cc1ccc(OC(C)(C)C)cc1)NC(=O)CONC(=O)NCc1ccc(Cl)cc1. The third kappa shape index (κ3) is 13.0. The van der Waals surface area contributed by atoms with Gasteiger partial charge in [-0.1, -0.05) is 60.1 Å². The molecule has 3 aromatic carbocycles. The first-order valence-corrected chi connectivity index (χ1v) is 18.1. The Hall–Kier alpha value is -4.75. The molecule has 2 unspecified atom stereocenters. The predicted octanol–water partition coefficient (Wildman–Crippen LogP) is 6.34. The number of amides is 4. The van der Waals surface area contributed by atoms with Gasteiger partial charge in [0.05, 0.1) is 11.6 Å². The first-order chi connectivity index (χ1) is 25.4. The molecule has 1 aromatic heterocycles. The van der Waals surface area contributed by atoms with Crippen LogP contribution in [-0.4, -0.2) is 71.5 Å². The van der Waals surface area contributed by atoms with Crippen LogP contribution in [0.5, 0.6) is 5.75 Å². The van der Waals surface area contributed by atoms with Crippen LogP contribution in [-0.2, 0) is 43.4 Å². The zero-order chi connectivity index (χ0) is 38.4. The van der Waals surface area contributed by atoms with Gasteiger partial charge in [-0.3, -0.25) is 19.4 Å². The normalized spacial score (nSPS) is 12.6. The predicted molar refractivity (Wildman–Crippen MR) is 204 cm³/mol. The van der Waals surface area contributed by atoms with Crippen molar-refractivity contribution in [3.05, 3.63) is 107 Å². The molecule has 0 spiro atoms. The second kappa shape index (κ2) is 19.9. The van der Waals surface area contributed by atoms with Gasteiger partial charge in [-0.15, -0.1) is 0 Å². The van der Waals surface area contributed by atoms with Crippen LogP contribution in [0.25, 0.3) is 10.9 Å².